The number of rotatable bonds is 6. The number of thiophene rings is 1. The average molecular weight is 488 g/mol. The number of aryl methyl sites for hydroxylation is 3. The Balaban J connectivity index is 0.000000688. The minimum atomic E-state index is 0.167. The molecule has 0 aliphatic heterocycles. The third-order valence-corrected chi connectivity index (χ3v) is 6.15. The Morgan fingerprint density at radius 3 is 2.12 bits per heavy atom. The van der Waals surface area contributed by atoms with Gasteiger partial charge in [-0.2, -0.15) is 0 Å². The van der Waals surface area contributed by atoms with Crippen LogP contribution in [0.2, 0.25) is 5.02 Å². The van der Waals surface area contributed by atoms with Crippen molar-refractivity contribution in [2.45, 2.75) is 81.1 Å². The summed E-state index contributed by atoms with van der Waals surface area (Å²) in [6, 6.07) is 7.87. The van der Waals surface area contributed by atoms with Crippen molar-refractivity contribution < 1.29 is 4.79 Å². The Labute approximate surface area is 208 Å². The number of carbonyl (C=O) groups excluding carboxylic acids is 1. The van der Waals surface area contributed by atoms with Gasteiger partial charge in [0, 0.05) is 21.9 Å². The van der Waals surface area contributed by atoms with E-state index in [1.165, 1.54) is 36.3 Å². The van der Waals surface area contributed by atoms with Gasteiger partial charge in [0.2, 0.25) is 0 Å². The minimum absolute atomic E-state index is 0.167. The van der Waals surface area contributed by atoms with Crippen molar-refractivity contribution in [1.29, 1.82) is 0 Å². The number of nitrogens with zero attached hydrogens (tertiary/aromatic N) is 3. The van der Waals surface area contributed by atoms with Gasteiger partial charge in [-0.05, 0) is 69.9 Å². The maximum absolute atomic E-state index is 9.44. The van der Waals surface area contributed by atoms with E-state index in [2.05, 4.69) is 56.0 Å². The number of hydrogen-bond donors (Lipinski definition) is 0. The number of benzene rings is 1. The molecule has 0 atom stereocenters. The van der Waals surface area contributed by atoms with Crippen molar-refractivity contribution in [3.8, 4) is 5.00 Å². The molecule has 0 spiro atoms. The van der Waals surface area contributed by atoms with Crippen molar-refractivity contribution in [1.82, 2.24) is 14.8 Å². The number of carbonyl (C=O) groups is 1. The molecule has 0 saturated heterocycles. The van der Waals surface area contributed by atoms with Gasteiger partial charge >= 0.3 is 0 Å². The van der Waals surface area contributed by atoms with Crippen molar-refractivity contribution in [3.05, 3.63) is 69.1 Å². The molecule has 1 aromatic carbocycles. The van der Waals surface area contributed by atoms with Crippen LogP contribution in [0.1, 0.15) is 87.1 Å². The van der Waals surface area contributed by atoms with E-state index >= 15 is 0 Å². The van der Waals surface area contributed by atoms with E-state index in [9.17, 15) is 4.79 Å². The van der Waals surface area contributed by atoms with Crippen molar-refractivity contribution >= 4 is 34.3 Å². The molecule has 0 saturated carbocycles. The van der Waals surface area contributed by atoms with E-state index in [4.69, 9.17) is 11.6 Å². The first-order valence-electron chi connectivity index (χ1n) is 11.5. The van der Waals surface area contributed by atoms with Gasteiger partial charge in [0.05, 0.1) is 0 Å². The molecular weight excluding hydrogens is 450 g/mol. The van der Waals surface area contributed by atoms with E-state index in [1.54, 1.807) is 11.3 Å². The molecule has 0 aliphatic rings. The van der Waals surface area contributed by atoms with Crippen LogP contribution in [0.25, 0.3) is 10.6 Å². The largest absolute Gasteiger partial charge is 0.300 e. The van der Waals surface area contributed by atoms with Crippen LogP contribution in [0, 0.1) is 20.8 Å². The number of hydrogen-bond acceptors (Lipinski definition) is 4. The summed E-state index contributed by atoms with van der Waals surface area (Å²) >= 11 is 7.83. The van der Waals surface area contributed by atoms with Crippen LogP contribution in [0.3, 0.4) is 0 Å². The van der Waals surface area contributed by atoms with E-state index in [0.717, 1.165) is 52.1 Å². The summed E-state index contributed by atoms with van der Waals surface area (Å²) < 4.78 is 2.21. The molecule has 0 bridgehead atoms. The minimum Gasteiger partial charge on any atom is -0.300 e. The molecule has 6 heteroatoms. The Hall–Kier alpha value is -2.24. The monoisotopic (exact) mass is 487 g/mol. The first-order valence-corrected chi connectivity index (χ1v) is 12.7. The van der Waals surface area contributed by atoms with Gasteiger partial charge in [-0.15, -0.1) is 21.5 Å². The Bertz CT molecular complexity index is 1040. The van der Waals surface area contributed by atoms with Crippen LogP contribution in [-0.2, 0) is 11.2 Å². The number of Topliss-reactive ketones (excluding diaryl/α,β-unsaturated/α-hetero) is 1. The lowest BCUT2D eigenvalue weighted by atomic mass is 9.97. The van der Waals surface area contributed by atoms with Crippen LogP contribution in [0.15, 0.2) is 30.8 Å². The van der Waals surface area contributed by atoms with Gasteiger partial charge in [-0.1, -0.05) is 63.9 Å². The molecule has 0 N–H and O–H groups in total. The summed E-state index contributed by atoms with van der Waals surface area (Å²) in [6.45, 7) is 20.2. The van der Waals surface area contributed by atoms with Crippen molar-refractivity contribution in [3.63, 3.8) is 0 Å². The molecule has 0 fully saturated rings. The zero-order valence-electron chi connectivity index (χ0n) is 21.4. The first-order chi connectivity index (χ1) is 15.6. The van der Waals surface area contributed by atoms with Gasteiger partial charge in [0.25, 0.3) is 0 Å². The first kappa shape index (κ1) is 28.8. The lowest BCUT2D eigenvalue weighted by Gasteiger charge is -2.13. The molecule has 2 heterocycles. The van der Waals surface area contributed by atoms with Gasteiger partial charge in [-0.3, -0.25) is 4.57 Å². The predicted octanol–water partition coefficient (Wildman–Crippen LogP) is 8.32. The predicted molar refractivity (Wildman–Crippen MR) is 144 cm³/mol. The average Bonchev–Trinajstić information content (AvgIpc) is 3.25. The standard InChI is InChI=1S/C21H24ClN3S.C3H6O.C3H8/c1-6-7-8-19-24-23-16(5)25(19)21-20(13(2)15(4)26-21)14(3)17-9-11-18(22)12-10-17;1-3(2)4;1-3-2/h9-12H,3,6-8H2,1-2,4-5H3;1-2H3;3H2,1-2H3. The molecule has 0 aliphatic carbocycles. The highest BCUT2D eigenvalue weighted by molar-refractivity contribution is 7.15. The lowest BCUT2D eigenvalue weighted by molar-refractivity contribution is -0.114. The number of halogens is 1. The highest BCUT2D eigenvalue weighted by atomic mass is 35.5. The number of unbranched alkanes of at least 4 members (excludes halogenated alkanes) is 1. The quantitative estimate of drug-likeness (QED) is 0.351. The highest BCUT2D eigenvalue weighted by Gasteiger charge is 2.21. The van der Waals surface area contributed by atoms with Crippen LogP contribution in [0.5, 0.6) is 0 Å². The normalized spacial score (nSPS) is 10.1. The van der Waals surface area contributed by atoms with Crippen LogP contribution >= 0.6 is 22.9 Å². The molecule has 0 radical (unpaired) electrons. The van der Waals surface area contributed by atoms with Gasteiger partial charge in [0.15, 0.2) is 0 Å². The maximum Gasteiger partial charge on any atom is 0.138 e. The second-order valence-corrected chi connectivity index (χ2v) is 9.81. The number of aromatic nitrogens is 3. The smallest absolute Gasteiger partial charge is 0.138 e. The summed E-state index contributed by atoms with van der Waals surface area (Å²) in [7, 11) is 0. The second kappa shape index (κ2) is 14.1. The molecular formula is C27H38ClN3OS. The molecule has 3 rings (SSSR count). The SMILES string of the molecule is C=C(c1ccc(Cl)cc1)c1c(-n2c(C)nnc2CCCC)sc(C)c1C.CC(C)=O.CCC. The summed E-state index contributed by atoms with van der Waals surface area (Å²) in [5.41, 5.74) is 4.53. The summed E-state index contributed by atoms with van der Waals surface area (Å²) in [5.74, 6) is 2.11. The molecule has 0 unspecified atom stereocenters. The Morgan fingerprint density at radius 1 is 1.06 bits per heavy atom. The number of ketones is 1. The summed E-state index contributed by atoms with van der Waals surface area (Å²) in [4.78, 5) is 10.7. The van der Waals surface area contributed by atoms with E-state index in [0.29, 0.717) is 0 Å². The second-order valence-electron chi connectivity index (χ2n) is 8.17. The zero-order valence-corrected chi connectivity index (χ0v) is 23.0. The zero-order chi connectivity index (χ0) is 25.1. The highest BCUT2D eigenvalue weighted by Crippen LogP contribution is 2.39. The lowest BCUT2D eigenvalue weighted by Crippen LogP contribution is -2.04. The maximum atomic E-state index is 9.44. The Morgan fingerprint density at radius 2 is 1.61 bits per heavy atom. The third kappa shape index (κ3) is 8.24. The van der Waals surface area contributed by atoms with E-state index in [-0.39, 0.29) is 5.78 Å². The molecule has 33 heavy (non-hydrogen) atoms. The Kier molecular flexibility index (Phi) is 12.3. The van der Waals surface area contributed by atoms with Crippen molar-refractivity contribution in [2.24, 2.45) is 0 Å². The van der Waals surface area contributed by atoms with Gasteiger partial charge in [0.1, 0.15) is 22.4 Å². The van der Waals surface area contributed by atoms with Crippen LogP contribution < -0.4 is 0 Å². The topological polar surface area (TPSA) is 47.8 Å². The fraction of sp³-hybridized carbons (Fsp3) is 0.444. The van der Waals surface area contributed by atoms with Crippen LogP contribution in [0.4, 0.5) is 0 Å². The molecule has 0 amide bonds. The molecule has 4 nitrogen and oxygen atoms in total. The summed E-state index contributed by atoms with van der Waals surface area (Å²) in [6.07, 6.45) is 4.42. The molecule has 3 aromatic rings. The summed E-state index contributed by atoms with van der Waals surface area (Å²) in [5, 5.41) is 10.7. The third-order valence-electron chi connectivity index (χ3n) is 4.71. The van der Waals surface area contributed by atoms with Crippen LogP contribution in [-0.4, -0.2) is 20.5 Å². The fourth-order valence-electron chi connectivity index (χ4n) is 3.08. The molecule has 180 valence electrons. The van der Waals surface area contributed by atoms with E-state index in [1.807, 2.05) is 31.2 Å². The van der Waals surface area contributed by atoms with Crippen molar-refractivity contribution in [2.75, 3.05) is 0 Å². The molecule has 2 aromatic heterocycles. The van der Waals surface area contributed by atoms with E-state index < -0.39 is 0 Å². The van der Waals surface area contributed by atoms with Gasteiger partial charge < -0.3 is 4.79 Å². The fourth-order valence-corrected chi connectivity index (χ4v) is 4.46. The van der Waals surface area contributed by atoms with Gasteiger partial charge in [-0.25, -0.2) is 0 Å².